The van der Waals surface area contributed by atoms with Crippen LogP contribution in [-0.2, 0) is 4.74 Å². The molecule has 3 N–H and O–H groups in total. The first-order valence-electron chi connectivity index (χ1n) is 9.18. The molecule has 0 aliphatic heterocycles. The number of nitrogens with one attached hydrogen (secondary N) is 3. The number of carbonyl (C=O) groups excluding carboxylic acids is 3. The zero-order valence-corrected chi connectivity index (χ0v) is 16.4. The highest BCUT2D eigenvalue weighted by molar-refractivity contribution is 6.05. The molecule has 3 rings (SSSR count). The van der Waals surface area contributed by atoms with Crippen LogP contribution in [0.2, 0.25) is 0 Å². The maximum absolute atomic E-state index is 12.4. The summed E-state index contributed by atoms with van der Waals surface area (Å²) in [6, 6.07) is 14.9. The highest BCUT2D eigenvalue weighted by Crippen LogP contribution is 2.17. The molecule has 2 amide bonds. The van der Waals surface area contributed by atoms with Crippen LogP contribution in [0.3, 0.4) is 0 Å². The molecule has 10 heteroatoms. The molecule has 10 nitrogen and oxygen atoms in total. The Balaban J connectivity index is 1.57. The van der Waals surface area contributed by atoms with Crippen molar-refractivity contribution in [3.63, 3.8) is 0 Å². The van der Waals surface area contributed by atoms with Crippen LogP contribution in [0.15, 0.2) is 65.5 Å². The molecule has 1 heterocycles. The van der Waals surface area contributed by atoms with Crippen LogP contribution in [0.5, 0.6) is 5.75 Å². The lowest BCUT2D eigenvalue weighted by Gasteiger charge is -2.08. The fourth-order valence-electron chi connectivity index (χ4n) is 2.42. The lowest BCUT2D eigenvalue weighted by molar-refractivity contribution is 0.101. The van der Waals surface area contributed by atoms with Gasteiger partial charge < -0.3 is 20.1 Å². The van der Waals surface area contributed by atoms with E-state index in [2.05, 4.69) is 25.6 Å². The normalized spacial score (nSPS) is 10.1. The van der Waals surface area contributed by atoms with Gasteiger partial charge in [-0.2, -0.15) is 5.10 Å². The Labute approximate surface area is 176 Å². The van der Waals surface area contributed by atoms with Gasteiger partial charge in [-0.05, 0) is 61.5 Å². The first kappa shape index (κ1) is 21.2. The monoisotopic (exact) mass is 422 g/mol. The van der Waals surface area contributed by atoms with Crippen LogP contribution in [0.4, 0.5) is 16.2 Å². The minimum atomic E-state index is -0.816. The molecule has 1 aromatic heterocycles. The lowest BCUT2D eigenvalue weighted by atomic mass is 10.2. The van der Waals surface area contributed by atoms with Crippen molar-refractivity contribution in [3.05, 3.63) is 82.3 Å². The maximum Gasteiger partial charge on any atom is 0.513 e. The second-order valence-corrected chi connectivity index (χ2v) is 6.10. The Morgan fingerprint density at radius 1 is 0.871 bits per heavy atom. The molecule has 0 bridgehead atoms. The summed E-state index contributed by atoms with van der Waals surface area (Å²) in [4.78, 5) is 46.8. The number of ether oxygens (including phenoxy) is 2. The number of hydrogen-bond donors (Lipinski definition) is 3. The van der Waals surface area contributed by atoms with E-state index < -0.39 is 17.6 Å². The second-order valence-electron chi connectivity index (χ2n) is 6.10. The van der Waals surface area contributed by atoms with Crippen LogP contribution in [0.25, 0.3) is 0 Å². The fraction of sp³-hybridized carbons (Fsp3) is 0.0952. The fourth-order valence-corrected chi connectivity index (χ4v) is 2.42. The zero-order chi connectivity index (χ0) is 22.2. The number of aromatic nitrogens is 2. The first-order chi connectivity index (χ1) is 14.9. The Bertz CT molecular complexity index is 1120. The minimum absolute atomic E-state index is 0.0624. The molecule has 31 heavy (non-hydrogen) atoms. The van der Waals surface area contributed by atoms with Gasteiger partial charge in [-0.1, -0.05) is 0 Å². The van der Waals surface area contributed by atoms with Gasteiger partial charge in [-0.15, -0.1) is 0 Å². The second kappa shape index (κ2) is 9.83. The van der Waals surface area contributed by atoms with Crippen molar-refractivity contribution in [1.29, 1.82) is 0 Å². The summed E-state index contributed by atoms with van der Waals surface area (Å²) in [7, 11) is 0. The van der Waals surface area contributed by atoms with Crippen LogP contribution in [0.1, 0.15) is 27.8 Å². The van der Waals surface area contributed by atoms with E-state index in [1.54, 1.807) is 31.2 Å². The van der Waals surface area contributed by atoms with E-state index in [-0.39, 0.29) is 24.0 Å². The number of amides is 2. The van der Waals surface area contributed by atoms with E-state index in [0.717, 1.165) is 0 Å². The van der Waals surface area contributed by atoms with Gasteiger partial charge in [0.1, 0.15) is 11.4 Å². The van der Waals surface area contributed by atoms with E-state index in [1.165, 1.54) is 36.4 Å². The number of nitrogens with zero attached hydrogens (tertiary/aromatic N) is 1. The number of hydrogen-bond acceptors (Lipinski definition) is 7. The summed E-state index contributed by atoms with van der Waals surface area (Å²) in [6.45, 7) is 1.87. The summed E-state index contributed by atoms with van der Waals surface area (Å²) in [5.41, 5.74) is 1.01. The summed E-state index contributed by atoms with van der Waals surface area (Å²) >= 11 is 0. The topological polar surface area (TPSA) is 139 Å². The summed E-state index contributed by atoms with van der Waals surface area (Å²) in [5, 5.41) is 11.2. The average Bonchev–Trinajstić information content (AvgIpc) is 2.76. The molecule has 0 aliphatic rings. The highest BCUT2D eigenvalue weighted by atomic mass is 16.7. The Morgan fingerprint density at radius 2 is 1.48 bits per heavy atom. The van der Waals surface area contributed by atoms with Crippen molar-refractivity contribution >= 4 is 29.3 Å². The van der Waals surface area contributed by atoms with Gasteiger partial charge in [-0.3, -0.25) is 14.4 Å². The van der Waals surface area contributed by atoms with Gasteiger partial charge in [0.25, 0.3) is 17.4 Å². The molecule has 0 saturated heterocycles. The Hall–Kier alpha value is -4.47. The van der Waals surface area contributed by atoms with Crippen LogP contribution in [-0.4, -0.2) is 34.8 Å². The van der Waals surface area contributed by atoms with E-state index in [0.29, 0.717) is 16.9 Å². The van der Waals surface area contributed by atoms with Crippen molar-refractivity contribution < 1.29 is 23.9 Å². The summed E-state index contributed by atoms with van der Waals surface area (Å²) < 4.78 is 9.62. The number of benzene rings is 2. The van der Waals surface area contributed by atoms with Gasteiger partial charge in [-0.25, -0.2) is 9.89 Å². The Kier molecular flexibility index (Phi) is 6.74. The molecular weight excluding hydrogens is 404 g/mol. The Morgan fingerprint density at radius 3 is 2.03 bits per heavy atom. The third-order valence-electron chi connectivity index (χ3n) is 3.89. The van der Waals surface area contributed by atoms with Crippen LogP contribution in [0, 0.1) is 0 Å². The number of anilines is 2. The predicted molar refractivity (Wildman–Crippen MR) is 111 cm³/mol. The first-order valence-corrected chi connectivity index (χ1v) is 9.18. The molecule has 0 radical (unpaired) electrons. The molecule has 0 atom stereocenters. The SMILES string of the molecule is CCOC(=O)Oc1ccc(C(=O)Nc2ccc(NC(=O)c3ccc(=O)[nH]n3)cc2)cc1. The van der Waals surface area contributed by atoms with Crippen LogP contribution >= 0.6 is 0 Å². The molecule has 0 fully saturated rings. The van der Waals surface area contributed by atoms with Crippen molar-refractivity contribution in [3.8, 4) is 5.75 Å². The third-order valence-corrected chi connectivity index (χ3v) is 3.89. The van der Waals surface area contributed by atoms with E-state index in [4.69, 9.17) is 4.74 Å². The van der Waals surface area contributed by atoms with Gasteiger partial charge in [0.15, 0.2) is 0 Å². The number of rotatable bonds is 6. The van der Waals surface area contributed by atoms with Gasteiger partial charge in [0.05, 0.1) is 6.61 Å². The molecule has 158 valence electrons. The predicted octanol–water partition coefficient (Wildman–Crippen LogP) is 2.81. The average molecular weight is 422 g/mol. The van der Waals surface area contributed by atoms with E-state index >= 15 is 0 Å². The summed E-state index contributed by atoms with van der Waals surface area (Å²) in [6.07, 6.45) is -0.816. The molecular formula is C21H18N4O6. The minimum Gasteiger partial charge on any atom is -0.434 e. The molecule has 2 aromatic carbocycles. The van der Waals surface area contributed by atoms with Crippen molar-refractivity contribution in [1.82, 2.24) is 10.2 Å². The third kappa shape index (κ3) is 6.00. The highest BCUT2D eigenvalue weighted by Gasteiger charge is 2.10. The van der Waals surface area contributed by atoms with Gasteiger partial charge >= 0.3 is 6.16 Å². The standard InChI is InChI=1S/C21H18N4O6/c1-2-30-21(29)31-16-9-3-13(4-10-16)19(27)22-14-5-7-15(8-6-14)23-20(28)17-11-12-18(26)25-24-17/h3-12H,2H2,1H3,(H,22,27)(H,23,28)(H,25,26). The van der Waals surface area contributed by atoms with Gasteiger partial charge in [0.2, 0.25) is 0 Å². The molecule has 0 aliphatic carbocycles. The number of carbonyl (C=O) groups is 3. The smallest absolute Gasteiger partial charge is 0.434 e. The van der Waals surface area contributed by atoms with Crippen molar-refractivity contribution in [2.24, 2.45) is 0 Å². The number of H-pyrrole nitrogens is 1. The van der Waals surface area contributed by atoms with Gasteiger partial charge in [0, 0.05) is 23.0 Å². The largest absolute Gasteiger partial charge is 0.513 e. The van der Waals surface area contributed by atoms with Crippen LogP contribution < -0.4 is 20.9 Å². The van der Waals surface area contributed by atoms with E-state index in [9.17, 15) is 19.2 Å². The van der Waals surface area contributed by atoms with Crippen molar-refractivity contribution in [2.75, 3.05) is 17.2 Å². The quantitative estimate of drug-likeness (QED) is 0.410. The maximum atomic E-state index is 12.4. The molecule has 0 saturated carbocycles. The summed E-state index contributed by atoms with van der Waals surface area (Å²) in [5.74, 6) is -0.595. The molecule has 0 unspecified atom stereocenters. The molecule has 3 aromatic rings. The zero-order valence-electron chi connectivity index (χ0n) is 16.4. The van der Waals surface area contributed by atoms with Crippen molar-refractivity contribution in [2.45, 2.75) is 6.92 Å². The van der Waals surface area contributed by atoms with E-state index in [1.807, 2.05) is 0 Å². The lowest BCUT2D eigenvalue weighted by Crippen LogP contribution is -2.17. The molecule has 0 spiro atoms. The number of aromatic amines is 1.